The van der Waals surface area contributed by atoms with E-state index in [1.807, 2.05) is 31.2 Å². The fourth-order valence-electron chi connectivity index (χ4n) is 2.54. The van der Waals surface area contributed by atoms with Crippen LogP contribution in [0.4, 0.5) is 11.5 Å². The number of hydrogen-bond donors (Lipinski definition) is 2. The summed E-state index contributed by atoms with van der Waals surface area (Å²) in [6.07, 6.45) is 0. The van der Waals surface area contributed by atoms with E-state index in [-0.39, 0.29) is 21.9 Å². The van der Waals surface area contributed by atoms with E-state index in [1.165, 1.54) is 7.11 Å². The largest absolute Gasteiger partial charge is 0.465 e. The third-order valence-electron chi connectivity index (χ3n) is 3.73. The molecule has 0 atom stereocenters. The van der Waals surface area contributed by atoms with E-state index in [1.54, 1.807) is 0 Å². The number of rotatable bonds is 2. The number of hydrogen-bond acceptors (Lipinski definition) is 7. The fourth-order valence-corrected chi connectivity index (χ4v) is 3.57. The van der Waals surface area contributed by atoms with Crippen molar-refractivity contribution in [3.05, 3.63) is 40.3 Å². The summed E-state index contributed by atoms with van der Waals surface area (Å²) in [4.78, 5) is 16.9. The van der Waals surface area contributed by atoms with Gasteiger partial charge in [0.2, 0.25) is 0 Å². The number of thiophene rings is 1. The maximum absolute atomic E-state index is 11.9. The summed E-state index contributed by atoms with van der Waals surface area (Å²) in [5.74, 6) is -0.430. The summed E-state index contributed by atoms with van der Waals surface area (Å²) in [7, 11) is 1.29. The molecular weight excluding hydrogens is 324 g/mol. The average Bonchev–Trinajstić information content (AvgIpc) is 2.90. The Labute approximate surface area is 142 Å². The first-order chi connectivity index (χ1) is 11.5. The van der Waals surface area contributed by atoms with Gasteiger partial charge in [0.15, 0.2) is 0 Å². The number of methoxy groups -OCH3 is 1. The second-order valence-electron chi connectivity index (χ2n) is 5.24. The zero-order chi connectivity index (χ0) is 17.4. The monoisotopic (exact) mass is 338 g/mol. The number of nitrogens with two attached hydrogens (primary N) is 2. The number of esters is 1. The average molecular weight is 338 g/mol. The summed E-state index contributed by atoms with van der Waals surface area (Å²) in [5.41, 5.74) is 15.1. The Morgan fingerprint density at radius 2 is 1.96 bits per heavy atom. The van der Waals surface area contributed by atoms with Crippen molar-refractivity contribution in [2.45, 2.75) is 6.92 Å². The van der Waals surface area contributed by atoms with Crippen LogP contribution in [0.25, 0.3) is 21.3 Å². The summed E-state index contributed by atoms with van der Waals surface area (Å²) in [6, 6.07) is 9.74. The van der Waals surface area contributed by atoms with E-state index in [2.05, 4.69) is 11.1 Å². The summed E-state index contributed by atoms with van der Waals surface area (Å²) >= 11 is 1.10. The van der Waals surface area contributed by atoms with Gasteiger partial charge in [-0.15, -0.1) is 11.3 Å². The number of fused-ring (bicyclic) bond motifs is 1. The predicted octanol–water partition coefficient (Wildman–Crippen LogP) is 3.09. The number of aryl methyl sites for hydroxylation is 1. The van der Waals surface area contributed by atoms with Gasteiger partial charge in [0.05, 0.1) is 12.8 Å². The molecule has 0 fully saturated rings. The second-order valence-corrected chi connectivity index (χ2v) is 6.24. The van der Waals surface area contributed by atoms with Gasteiger partial charge in [0.25, 0.3) is 0 Å². The molecule has 0 radical (unpaired) electrons. The Hall–Kier alpha value is -3.11. The number of nitrogen functional groups attached to an aromatic ring is 2. The second kappa shape index (κ2) is 5.83. The highest BCUT2D eigenvalue weighted by Gasteiger charge is 2.24. The minimum absolute atomic E-state index is 0.109. The number of benzene rings is 1. The minimum atomic E-state index is -0.539. The van der Waals surface area contributed by atoms with Crippen molar-refractivity contribution in [2.24, 2.45) is 0 Å². The molecule has 0 unspecified atom stereocenters. The maximum Gasteiger partial charge on any atom is 0.350 e. The highest BCUT2D eigenvalue weighted by Crippen LogP contribution is 2.42. The number of ether oxygens (including phenoxy) is 1. The highest BCUT2D eigenvalue weighted by molar-refractivity contribution is 7.21. The third kappa shape index (κ3) is 2.33. The molecule has 24 heavy (non-hydrogen) atoms. The van der Waals surface area contributed by atoms with Crippen molar-refractivity contribution in [1.29, 1.82) is 5.26 Å². The smallest absolute Gasteiger partial charge is 0.350 e. The van der Waals surface area contributed by atoms with Crippen molar-refractivity contribution >= 4 is 39.0 Å². The standard InChI is InChI=1S/C17H14N4O2S/c1-8-3-5-9(6-4-8)11-10(7-18)15(20)21-16-12(11)13(19)14(24-16)17(22)23-2/h3-6H,19H2,1-2H3,(H2,20,21). The SMILES string of the molecule is COC(=O)c1sc2nc(N)c(C#N)c(-c3ccc(C)cc3)c2c1N. The fraction of sp³-hybridized carbons (Fsp3) is 0.118. The van der Waals surface area contributed by atoms with E-state index in [0.29, 0.717) is 15.8 Å². The summed E-state index contributed by atoms with van der Waals surface area (Å²) < 4.78 is 4.76. The zero-order valence-electron chi connectivity index (χ0n) is 13.1. The number of nitrogens with zero attached hydrogens (tertiary/aromatic N) is 2. The molecule has 0 saturated heterocycles. The van der Waals surface area contributed by atoms with Crippen LogP contribution in [-0.4, -0.2) is 18.1 Å². The van der Waals surface area contributed by atoms with Gasteiger partial charge in [-0.05, 0) is 12.5 Å². The van der Waals surface area contributed by atoms with E-state index in [4.69, 9.17) is 16.2 Å². The molecule has 6 nitrogen and oxygen atoms in total. The molecule has 0 bridgehead atoms. The van der Waals surface area contributed by atoms with Crippen LogP contribution in [0, 0.1) is 18.3 Å². The van der Waals surface area contributed by atoms with Gasteiger partial charge < -0.3 is 16.2 Å². The lowest BCUT2D eigenvalue weighted by Crippen LogP contribution is -2.02. The number of aromatic nitrogens is 1. The maximum atomic E-state index is 11.9. The molecule has 3 aromatic rings. The Balaban J connectivity index is 2.44. The first kappa shape index (κ1) is 15.8. The number of anilines is 2. The van der Waals surface area contributed by atoms with Gasteiger partial charge in [0.1, 0.15) is 27.2 Å². The molecule has 0 saturated carbocycles. The number of nitriles is 1. The van der Waals surface area contributed by atoms with Crippen LogP contribution >= 0.6 is 11.3 Å². The first-order valence-electron chi connectivity index (χ1n) is 7.04. The van der Waals surface area contributed by atoms with Crippen molar-refractivity contribution in [2.75, 3.05) is 18.6 Å². The quantitative estimate of drug-likeness (QED) is 0.694. The summed E-state index contributed by atoms with van der Waals surface area (Å²) in [5, 5.41) is 10.1. The molecular formula is C17H14N4O2S. The van der Waals surface area contributed by atoms with Gasteiger partial charge >= 0.3 is 5.97 Å². The van der Waals surface area contributed by atoms with Gasteiger partial charge in [0, 0.05) is 10.9 Å². The Bertz CT molecular complexity index is 1000. The van der Waals surface area contributed by atoms with Crippen LogP contribution in [-0.2, 0) is 4.74 Å². The van der Waals surface area contributed by atoms with Crippen LogP contribution < -0.4 is 11.5 Å². The molecule has 120 valence electrons. The number of carbonyl (C=O) groups is 1. The highest BCUT2D eigenvalue weighted by atomic mass is 32.1. The molecule has 0 aliphatic heterocycles. The van der Waals surface area contributed by atoms with Crippen molar-refractivity contribution < 1.29 is 9.53 Å². The van der Waals surface area contributed by atoms with Crippen LogP contribution in [0.3, 0.4) is 0 Å². The Morgan fingerprint density at radius 3 is 2.54 bits per heavy atom. The molecule has 3 rings (SSSR count). The van der Waals surface area contributed by atoms with Crippen molar-refractivity contribution in [3.8, 4) is 17.2 Å². The van der Waals surface area contributed by atoms with Crippen molar-refractivity contribution in [3.63, 3.8) is 0 Å². The van der Waals surface area contributed by atoms with E-state index < -0.39 is 5.97 Å². The van der Waals surface area contributed by atoms with E-state index in [9.17, 15) is 10.1 Å². The molecule has 0 aliphatic rings. The molecule has 4 N–H and O–H groups in total. The third-order valence-corrected chi connectivity index (χ3v) is 4.81. The molecule has 0 aliphatic carbocycles. The normalized spacial score (nSPS) is 10.5. The van der Waals surface area contributed by atoms with E-state index >= 15 is 0 Å². The van der Waals surface area contributed by atoms with Crippen molar-refractivity contribution in [1.82, 2.24) is 4.98 Å². The van der Waals surface area contributed by atoms with Crippen LogP contribution in [0.15, 0.2) is 24.3 Å². The molecule has 1 aromatic carbocycles. The molecule has 2 heterocycles. The number of pyridine rings is 1. The summed E-state index contributed by atoms with van der Waals surface area (Å²) in [6.45, 7) is 1.97. The van der Waals surface area contributed by atoms with Gasteiger partial charge in [-0.2, -0.15) is 5.26 Å². The van der Waals surface area contributed by atoms with Crippen LogP contribution in [0.5, 0.6) is 0 Å². The first-order valence-corrected chi connectivity index (χ1v) is 7.86. The molecule has 0 amide bonds. The topological polar surface area (TPSA) is 115 Å². The lowest BCUT2D eigenvalue weighted by Gasteiger charge is -2.10. The van der Waals surface area contributed by atoms with Gasteiger partial charge in [-0.1, -0.05) is 29.8 Å². The lowest BCUT2D eigenvalue weighted by atomic mass is 9.96. The minimum Gasteiger partial charge on any atom is -0.465 e. The van der Waals surface area contributed by atoms with Crippen LogP contribution in [0.1, 0.15) is 20.8 Å². The van der Waals surface area contributed by atoms with Gasteiger partial charge in [-0.3, -0.25) is 0 Å². The zero-order valence-corrected chi connectivity index (χ0v) is 13.9. The Kier molecular flexibility index (Phi) is 3.83. The molecule has 7 heteroatoms. The Morgan fingerprint density at radius 1 is 1.29 bits per heavy atom. The van der Waals surface area contributed by atoms with Gasteiger partial charge in [-0.25, -0.2) is 9.78 Å². The lowest BCUT2D eigenvalue weighted by molar-refractivity contribution is 0.0607. The predicted molar refractivity (Wildman–Crippen MR) is 94.7 cm³/mol. The number of carbonyl (C=O) groups excluding carboxylic acids is 1. The van der Waals surface area contributed by atoms with Crippen LogP contribution in [0.2, 0.25) is 0 Å². The molecule has 0 spiro atoms. The van der Waals surface area contributed by atoms with E-state index in [0.717, 1.165) is 22.5 Å². The molecule has 2 aromatic heterocycles.